The number of anilines is 1. The Balaban J connectivity index is 1.67. The number of hydrogen-bond donors (Lipinski definition) is 1. The predicted molar refractivity (Wildman–Crippen MR) is 111 cm³/mol. The van der Waals surface area contributed by atoms with E-state index in [2.05, 4.69) is 47.6 Å². The highest BCUT2D eigenvalue weighted by Crippen LogP contribution is 2.29. The van der Waals surface area contributed by atoms with Crippen LogP contribution in [0.15, 0.2) is 46.9 Å². The van der Waals surface area contributed by atoms with Gasteiger partial charge in [-0.2, -0.15) is 5.10 Å². The maximum Gasteiger partial charge on any atom is 0.203 e. The first-order chi connectivity index (χ1) is 13.0. The third-order valence-corrected chi connectivity index (χ3v) is 4.93. The standard InChI is InChI=1S/C21H23N3O2S/c1-14-5-6-15(2)18(9-14)12-26-19-8-7-17(10-20(19)25-4)11-22-24-21-23-16(3)13-27-21/h5-11,13H,12H2,1-4H3,(H,23,24)/b22-11-. The molecular weight excluding hydrogens is 358 g/mol. The van der Waals surface area contributed by atoms with Gasteiger partial charge in [-0.1, -0.05) is 23.8 Å². The molecule has 0 aliphatic carbocycles. The van der Waals surface area contributed by atoms with Gasteiger partial charge in [0.25, 0.3) is 0 Å². The van der Waals surface area contributed by atoms with Crippen LogP contribution in [0.3, 0.4) is 0 Å². The highest BCUT2D eigenvalue weighted by Gasteiger charge is 2.07. The van der Waals surface area contributed by atoms with E-state index in [4.69, 9.17) is 9.47 Å². The Morgan fingerprint density at radius 1 is 1.11 bits per heavy atom. The molecule has 0 atom stereocenters. The SMILES string of the molecule is COc1cc(/C=N\Nc2nc(C)cs2)ccc1OCc1cc(C)ccc1C. The Hall–Kier alpha value is -2.86. The number of methoxy groups -OCH3 is 1. The molecule has 0 bridgehead atoms. The van der Waals surface area contributed by atoms with E-state index in [1.807, 2.05) is 30.5 Å². The van der Waals surface area contributed by atoms with Gasteiger partial charge in [-0.05, 0) is 55.7 Å². The molecule has 0 amide bonds. The van der Waals surface area contributed by atoms with Crippen LogP contribution in [-0.2, 0) is 6.61 Å². The lowest BCUT2D eigenvalue weighted by Crippen LogP contribution is -2.00. The zero-order valence-corrected chi connectivity index (χ0v) is 16.8. The average molecular weight is 382 g/mol. The summed E-state index contributed by atoms with van der Waals surface area (Å²) in [4.78, 5) is 4.31. The third kappa shape index (κ3) is 5.08. The lowest BCUT2D eigenvalue weighted by atomic mass is 10.1. The summed E-state index contributed by atoms with van der Waals surface area (Å²) in [6.07, 6.45) is 1.73. The molecule has 0 saturated carbocycles. The van der Waals surface area contributed by atoms with Crippen LogP contribution < -0.4 is 14.9 Å². The van der Waals surface area contributed by atoms with Gasteiger partial charge >= 0.3 is 0 Å². The van der Waals surface area contributed by atoms with E-state index in [0.29, 0.717) is 18.1 Å². The number of nitrogens with zero attached hydrogens (tertiary/aromatic N) is 2. The summed E-state index contributed by atoms with van der Waals surface area (Å²) in [7, 11) is 1.64. The average Bonchev–Trinajstić information content (AvgIpc) is 3.08. The molecule has 0 radical (unpaired) electrons. The van der Waals surface area contributed by atoms with Crippen molar-refractivity contribution in [2.75, 3.05) is 12.5 Å². The minimum atomic E-state index is 0.502. The molecular formula is C21H23N3O2S. The summed E-state index contributed by atoms with van der Waals surface area (Å²) in [5.41, 5.74) is 8.42. The molecule has 6 heteroatoms. The second kappa shape index (κ2) is 8.68. The van der Waals surface area contributed by atoms with E-state index in [1.54, 1.807) is 13.3 Å². The summed E-state index contributed by atoms with van der Waals surface area (Å²) >= 11 is 1.52. The van der Waals surface area contributed by atoms with Crippen LogP contribution >= 0.6 is 11.3 Å². The summed E-state index contributed by atoms with van der Waals surface area (Å²) in [6, 6.07) is 12.1. The molecule has 1 aromatic heterocycles. The maximum atomic E-state index is 5.99. The lowest BCUT2D eigenvalue weighted by Gasteiger charge is -2.13. The zero-order chi connectivity index (χ0) is 19.2. The van der Waals surface area contributed by atoms with Crippen molar-refractivity contribution >= 4 is 22.7 Å². The largest absolute Gasteiger partial charge is 0.493 e. The molecule has 0 saturated heterocycles. The molecule has 0 fully saturated rings. The van der Waals surface area contributed by atoms with Crippen molar-refractivity contribution in [2.45, 2.75) is 27.4 Å². The summed E-state index contributed by atoms with van der Waals surface area (Å²) in [6.45, 7) is 6.63. The van der Waals surface area contributed by atoms with E-state index in [1.165, 1.54) is 28.0 Å². The van der Waals surface area contributed by atoms with Crippen molar-refractivity contribution in [2.24, 2.45) is 5.10 Å². The molecule has 0 spiro atoms. The molecule has 3 aromatic rings. The van der Waals surface area contributed by atoms with Crippen LogP contribution in [0.5, 0.6) is 11.5 Å². The predicted octanol–water partition coefficient (Wildman–Crippen LogP) is 5.10. The van der Waals surface area contributed by atoms with Gasteiger partial charge in [0.1, 0.15) is 6.61 Å². The quantitative estimate of drug-likeness (QED) is 0.457. The van der Waals surface area contributed by atoms with E-state index < -0.39 is 0 Å². The first-order valence-corrected chi connectivity index (χ1v) is 9.51. The van der Waals surface area contributed by atoms with Crippen LogP contribution in [0.4, 0.5) is 5.13 Å². The minimum Gasteiger partial charge on any atom is -0.493 e. The van der Waals surface area contributed by atoms with Crippen molar-refractivity contribution in [1.29, 1.82) is 0 Å². The molecule has 140 valence electrons. The summed E-state index contributed by atoms with van der Waals surface area (Å²) in [5.74, 6) is 1.38. The number of rotatable bonds is 7. The van der Waals surface area contributed by atoms with E-state index in [-0.39, 0.29) is 0 Å². The second-order valence-corrected chi connectivity index (χ2v) is 7.15. The van der Waals surface area contributed by atoms with Crippen LogP contribution in [0.2, 0.25) is 0 Å². The Kier molecular flexibility index (Phi) is 6.08. The number of ether oxygens (including phenoxy) is 2. The topological polar surface area (TPSA) is 55.7 Å². The molecule has 2 aromatic carbocycles. The van der Waals surface area contributed by atoms with Gasteiger partial charge in [-0.3, -0.25) is 5.43 Å². The zero-order valence-electron chi connectivity index (χ0n) is 15.9. The van der Waals surface area contributed by atoms with E-state index in [0.717, 1.165) is 16.4 Å². The molecule has 0 aliphatic heterocycles. The van der Waals surface area contributed by atoms with Crippen LogP contribution in [0.25, 0.3) is 0 Å². The Bertz CT molecular complexity index is 950. The van der Waals surface area contributed by atoms with Crippen LogP contribution in [0.1, 0.15) is 27.9 Å². The molecule has 3 rings (SSSR count). The van der Waals surface area contributed by atoms with E-state index >= 15 is 0 Å². The number of aryl methyl sites for hydroxylation is 3. The molecule has 0 aliphatic rings. The Morgan fingerprint density at radius 3 is 2.70 bits per heavy atom. The first-order valence-electron chi connectivity index (χ1n) is 8.63. The fraction of sp³-hybridized carbons (Fsp3) is 0.238. The normalized spacial score (nSPS) is 11.0. The van der Waals surface area contributed by atoms with Gasteiger partial charge < -0.3 is 9.47 Å². The first kappa shape index (κ1) is 18.9. The number of nitrogens with one attached hydrogen (secondary N) is 1. The van der Waals surface area contributed by atoms with Crippen molar-refractivity contribution in [3.8, 4) is 11.5 Å². The van der Waals surface area contributed by atoms with Gasteiger partial charge in [0, 0.05) is 5.38 Å². The van der Waals surface area contributed by atoms with Gasteiger partial charge in [0.2, 0.25) is 5.13 Å². The van der Waals surface area contributed by atoms with Gasteiger partial charge in [0.05, 0.1) is 19.0 Å². The van der Waals surface area contributed by atoms with Crippen molar-refractivity contribution < 1.29 is 9.47 Å². The fourth-order valence-electron chi connectivity index (χ4n) is 2.56. The molecule has 27 heavy (non-hydrogen) atoms. The highest BCUT2D eigenvalue weighted by molar-refractivity contribution is 7.13. The monoisotopic (exact) mass is 381 g/mol. The van der Waals surface area contributed by atoms with Gasteiger partial charge in [0.15, 0.2) is 11.5 Å². The van der Waals surface area contributed by atoms with Crippen LogP contribution in [-0.4, -0.2) is 18.3 Å². The van der Waals surface area contributed by atoms with Gasteiger partial charge in [-0.25, -0.2) is 4.98 Å². The second-order valence-electron chi connectivity index (χ2n) is 6.29. The number of hydrazone groups is 1. The smallest absolute Gasteiger partial charge is 0.203 e. The number of benzene rings is 2. The third-order valence-electron chi connectivity index (χ3n) is 4.07. The molecule has 5 nitrogen and oxygen atoms in total. The summed E-state index contributed by atoms with van der Waals surface area (Å²) in [5, 5.41) is 6.96. The Morgan fingerprint density at radius 2 is 1.96 bits per heavy atom. The number of thiazole rings is 1. The van der Waals surface area contributed by atoms with Crippen molar-refractivity contribution in [1.82, 2.24) is 4.98 Å². The van der Waals surface area contributed by atoms with Crippen molar-refractivity contribution in [3.05, 3.63) is 69.7 Å². The number of hydrogen-bond acceptors (Lipinski definition) is 6. The maximum absolute atomic E-state index is 5.99. The van der Waals surface area contributed by atoms with Crippen molar-refractivity contribution in [3.63, 3.8) is 0 Å². The Labute approximate surface area is 163 Å². The highest BCUT2D eigenvalue weighted by atomic mass is 32.1. The molecule has 1 N–H and O–H groups in total. The fourth-order valence-corrected chi connectivity index (χ4v) is 3.20. The summed E-state index contributed by atoms with van der Waals surface area (Å²) < 4.78 is 11.5. The van der Waals surface area contributed by atoms with Crippen LogP contribution in [0, 0.1) is 20.8 Å². The molecule has 1 heterocycles. The van der Waals surface area contributed by atoms with E-state index in [9.17, 15) is 0 Å². The minimum absolute atomic E-state index is 0.502. The van der Waals surface area contributed by atoms with Gasteiger partial charge in [-0.15, -0.1) is 11.3 Å². The molecule has 0 unspecified atom stereocenters. The number of aromatic nitrogens is 1. The lowest BCUT2D eigenvalue weighted by molar-refractivity contribution is 0.284.